The van der Waals surface area contributed by atoms with Gasteiger partial charge < -0.3 is 19.9 Å². The quantitative estimate of drug-likeness (QED) is 0.210. The van der Waals surface area contributed by atoms with Crippen molar-refractivity contribution in [1.29, 1.82) is 0 Å². The molecule has 0 spiro atoms. The highest BCUT2D eigenvalue weighted by Crippen LogP contribution is 2.10. The Kier molecular flexibility index (Phi) is 10.9. The molecule has 1 fully saturated rings. The number of ether oxygens (including phenoxy) is 1. The lowest BCUT2D eigenvalue weighted by atomic mass is 10.2. The van der Waals surface area contributed by atoms with Crippen LogP contribution in [0.25, 0.3) is 0 Å². The molecular formula is C17H29IN6O2. The van der Waals surface area contributed by atoms with Gasteiger partial charge in [0.1, 0.15) is 0 Å². The molecule has 9 heteroatoms. The number of nitrogens with one attached hydrogen (secondary N) is 1. The minimum Gasteiger partial charge on any atom is -0.469 e. The van der Waals surface area contributed by atoms with E-state index >= 15 is 0 Å². The highest BCUT2D eigenvalue weighted by Gasteiger charge is 2.20. The summed E-state index contributed by atoms with van der Waals surface area (Å²) >= 11 is 0. The number of anilines is 1. The molecule has 0 amide bonds. The maximum atomic E-state index is 11.1. The zero-order chi connectivity index (χ0) is 17.9. The predicted molar refractivity (Wildman–Crippen MR) is 113 cm³/mol. The Balaban J connectivity index is 0.00000338. The van der Waals surface area contributed by atoms with Crippen LogP contribution in [-0.4, -0.2) is 73.2 Å². The summed E-state index contributed by atoms with van der Waals surface area (Å²) in [5.41, 5.74) is 0. The van der Waals surface area contributed by atoms with E-state index in [4.69, 9.17) is 0 Å². The van der Waals surface area contributed by atoms with E-state index in [9.17, 15) is 4.79 Å². The largest absolute Gasteiger partial charge is 0.469 e. The van der Waals surface area contributed by atoms with E-state index in [1.54, 1.807) is 12.4 Å². The number of hydrogen-bond donors (Lipinski definition) is 1. The van der Waals surface area contributed by atoms with Gasteiger partial charge in [-0.2, -0.15) is 0 Å². The summed E-state index contributed by atoms with van der Waals surface area (Å²) in [6.07, 6.45) is 5.68. The third-order valence-electron chi connectivity index (χ3n) is 4.03. The minimum atomic E-state index is -0.157. The molecule has 26 heavy (non-hydrogen) atoms. The maximum absolute atomic E-state index is 11.1. The van der Waals surface area contributed by atoms with Crippen molar-refractivity contribution in [2.45, 2.75) is 26.2 Å². The topological polar surface area (TPSA) is 83.0 Å². The Morgan fingerprint density at radius 2 is 1.92 bits per heavy atom. The lowest BCUT2D eigenvalue weighted by molar-refractivity contribution is -0.140. The van der Waals surface area contributed by atoms with Crippen LogP contribution >= 0.6 is 24.0 Å². The summed E-state index contributed by atoms with van der Waals surface area (Å²) in [5, 5.41) is 3.35. The van der Waals surface area contributed by atoms with Crippen LogP contribution in [0.2, 0.25) is 0 Å². The van der Waals surface area contributed by atoms with Gasteiger partial charge >= 0.3 is 5.97 Å². The first kappa shape index (κ1) is 22.4. The molecule has 0 saturated carbocycles. The Morgan fingerprint density at radius 3 is 2.54 bits per heavy atom. The van der Waals surface area contributed by atoms with E-state index < -0.39 is 0 Å². The number of carbonyl (C=O) groups is 1. The van der Waals surface area contributed by atoms with E-state index in [2.05, 4.69) is 41.7 Å². The number of rotatable bonds is 7. The fourth-order valence-electron chi connectivity index (χ4n) is 2.67. The third-order valence-corrected chi connectivity index (χ3v) is 4.03. The average molecular weight is 476 g/mol. The summed E-state index contributed by atoms with van der Waals surface area (Å²) in [6, 6.07) is 1.83. The van der Waals surface area contributed by atoms with Crippen LogP contribution in [0.4, 0.5) is 5.95 Å². The van der Waals surface area contributed by atoms with Gasteiger partial charge in [0, 0.05) is 58.1 Å². The zero-order valence-corrected chi connectivity index (χ0v) is 17.9. The molecule has 2 rings (SSSR count). The highest BCUT2D eigenvalue weighted by molar-refractivity contribution is 14.0. The molecule has 0 atom stereocenters. The molecule has 1 aliphatic heterocycles. The molecule has 0 aliphatic carbocycles. The molecule has 0 unspecified atom stereocenters. The van der Waals surface area contributed by atoms with Crippen LogP contribution in [0.5, 0.6) is 0 Å². The summed E-state index contributed by atoms with van der Waals surface area (Å²) in [7, 11) is 1.42. The Hall–Kier alpha value is -1.65. The van der Waals surface area contributed by atoms with Crippen molar-refractivity contribution in [3.8, 4) is 0 Å². The van der Waals surface area contributed by atoms with Gasteiger partial charge in [0.15, 0.2) is 5.96 Å². The Bertz CT molecular complexity index is 549. The van der Waals surface area contributed by atoms with Gasteiger partial charge in [-0.1, -0.05) is 0 Å². The molecule has 146 valence electrons. The lowest BCUT2D eigenvalue weighted by Gasteiger charge is -2.36. The molecular weight excluding hydrogens is 447 g/mol. The van der Waals surface area contributed by atoms with Crippen molar-refractivity contribution in [2.24, 2.45) is 4.99 Å². The van der Waals surface area contributed by atoms with Crippen LogP contribution in [0.15, 0.2) is 23.5 Å². The first-order chi connectivity index (χ1) is 12.2. The maximum Gasteiger partial charge on any atom is 0.305 e. The number of nitrogens with zero attached hydrogens (tertiary/aromatic N) is 5. The molecule has 0 aromatic carbocycles. The Labute approximate surface area is 172 Å². The number of methoxy groups -OCH3 is 1. The molecule has 1 saturated heterocycles. The molecule has 2 heterocycles. The van der Waals surface area contributed by atoms with E-state index in [1.807, 2.05) is 6.07 Å². The number of unbranched alkanes of at least 4 members (excludes halogenated alkanes) is 1. The van der Waals surface area contributed by atoms with E-state index in [0.29, 0.717) is 13.0 Å². The van der Waals surface area contributed by atoms with Crippen molar-refractivity contribution >= 4 is 41.9 Å². The van der Waals surface area contributed by atoms with Gasteiger partial charge in [-0.25, -0.2) is 9.97 Å². The number of aliphatic imine (C=N–C) groups is 1. The molecule has 1 aliphatic rings. The summed E-state index contributed by atoms with van der Waals surface area (Å²) in [4.78, 5) is 28.9. The summed E-state index contributed by atoms with van der Waals surface area (Å²) in [5.74, 6) is 1.57. The number of piperazine rings is 1. The Morgan fingerprint density at radius 1 is 1.23 bits per heavy atom. The van der Waals surface area contributed by atoms with Crippen LogP contribution in [0, 0.1) is 0 Å². The fourth-order valence-corrected chi connectivity index (χ4v) is 2.67. The van der Waals surface area contributed by atoms with Crippen molar-refractivity contribution in [3.05, 3.63) is 18.5 Å². The van der Waals surface area contributed by atoms with Crippen LogP contribution in [0.1, 0.15) is 26.2 Å². The molecule has 0 bridgehead atoms. The molecule has 8 nitrogen and oxygen atoms in total. The monoisotopic (exact) mass is 476 g/mol. The van der Waals surface area contributed by atoms with E-state index in [1.165, 1.54) is 7.11 Å². The standard InChI is InChI=1S/C17H28N6O2.HI/c1-3-18-16(19-8-5-4-7-15(24)25-2)22-11-13-23(14-12-22)17-20-9-6-10-21-17;/h6,9-10H,3-5,7-8,11-14H2,1-2H3,(H,18,19);1H. The minimum absolute atomic E-state index is 0. The number of esters is 1. The second-order valence-electron chi connectivity index (χ2n) is 5.79. The number of guanidine groups is 1. The number of aromatic nitrogens is 2. The number of hydrogen-bond acceptors (Lipinski definition) is 6. The third kappa shape index (κ3) is 7.30. The molecule has 0 radical (unpaired) electrons. The van der Waals surface area contributed by atoms with Gasteiger partial charge in [0.2, 0.25) is 5.95 Å². The SMILES string of the molecule is CCNC(=NCCCCC(=O)OC)N1CCN(c2ncccn2)CC1.I. The van der Waals surface area contributed by atoms with Crippen LogP contribution in [-0.2, 0) is 9.53 Å². The summed E-state index contributed by atoms with van der Waals surface area (Å²) in [6.45, 7) is 7.12. The zero-order valence-electron chi connectivity index (χ0n) is 15.6. The normalized spacial score (nSPS) is 14.6. The lowest BCUT2D eigenvalue weighted by Crippen LogP contribution is -2.53. The van der Waals surface area contributed by atoms with Crippen LogP contribution < -0.4 is 10.2 Å². The van der Waals surface area contributed by atoms with Gasteiger partial charge in [-0.15, -0.1) is 24.0 Å². The van der Waals surface area contributed by atoms with Crippen molar-refractivity contribution in [3.63, 3.8) is 0 Å². The highest BCUT2D eigenvalue weighted by atomic mass is 127. The van der Waals surface area contributed by atoms with Crippen molar-refractivity contribution in [2.75, 3.05) is 51.3 Å². The van der Waals surface area contributed by atoms with Gasteiger partial charge in [0.25, 0.3) is 0 Å². The van der Waals surface area contributed by atoms with Crippen molar-refractivity contribution < 1.29 is 9.53 Å². The van der Waals surface area contributed by atoms with E-state index in [-0.39, 0.29) is 29.9 Å². The molecule has 1 aromatic heterocycles. The van der Waals surface area contributed by atoms with Gasteiger partial charge in [0.05, 0.1) is 7.11 Å². The van der Waals surface area contributed by atoms with E-state index in [0.717, 1.165) is 57.5 Å². The van der Waals surface area contributed by atoms with Gasteiger partial charge in [-0.05, 0) is 25.8 Å². The number of halogens is 1. The second kappa shape index (κ2) is 12.7. The molecule has 1 aromatic rings. The first-order valence-electron chi connectivity index (χ1n) is 8.86. The van der Waals surface area contributed by atoms with Crippen molar-refractivity contribution in [1.82, 2.24) is 20.2 Å². The molecule has 1 N–H and O–H groups in total. The smallest absolute Gasteiger partial charge is 0.305 e. The van der Waals surface area contributed by atoms with Crippen LogP contribution in [0.3, 0.4) is 0 Å². The average Bonchev–Trinajstić information content (AvgIpc) is 2.67. The van der Waals surface area contributed by atoms with Gasteiger partial charge in [-0.3, -0.25) is 9.79 Å². The fraction of sp³-hybridized carbons (Fsp3) is 0.647. The first-order valence-corrected chi connectivity index (χ1v) is 8.86. The predicted octanol–water partition coefficient (Wildman–Crippen LogP) is 1.53. The summed E-state index contributed by atoms with van der Waals surface area (Å²) < 4.78 is 4.65. The second-order valence-corrected chi connectivity index (χ2v) is 5.79. The number of carbonyl (C=O) groups excluding carboxylic acids is 1.